The second kappa shape index (κ2) is 1.68. The average Bonchev–Trinajstić information content (AvgIpc) is 0.811. The molecule has 0 rings (SSSR count). The van der Waals surface area contributed by atoms with E-state index in [4.69, 9.17) is 11.2 Å². The lowest BCUT2D eigenvalue weighted by Crippen LogP contribution is -1.17. The molecule has 0 aromatic heterocycles. The molecule has 0 N–H and O–H groups in total. The van der Waals surface area contributed by atoms with E-state index >= 15 is 0 Å². The summed E-state index contributed by atoms with van der Waals surface area (Å²) in [5.74, 6) is 0. The van der Waals surface area contributed by atoms with Crippen molar-refractivity contribution in [1.82, 2.24) is 0 Å². The number of hydrogen-bond donors (Lipinski definition) is 0. The van der Waals surface area contributed by atoms with Gasteiger partial charge in [0.15, 0.2) is 6.66 Å². The van der Waals surface area contributed by atoms with Gasteiger partial charge in [0.25, 0.3) is 0 Å². The number of rotatable bonds is 0. The van der Waals surface area contributed by atoms with Crippen LogP contribution >= 0.6 is 18.4 Å². The molecule has 1 nitrogen and oxygen atoms in total. The Labute approximate surface area is 30.5 Å². The molecule has 0 fully saturated rings. The van der Waals surface area contributed by atoms with Crippen molar-refractivity contribution in [2.24, 2.45) is 0 Å². The van der Waals surface area contributed by atoms with E-state index in [1.807, 2.05) is 0 Å². The molecule has 0 spiro atoms. The van der Waals surface area contributed by atoms with E-state index in [0.717, 1.165) is 0 Å². The maximum Gasteiger partial charge on any atom is 0.451 e. The van der Waals surface area contributed by atoms with Gasteiger partial charge in [-0.1, -0.05) is 4.57 Å². The molecular weight excluding hydrogens is 94.4 g/mol. The largest absolute Gasteiger partial charge is 0.451 e. The third kappa shape index (κ3) is 30.4. The summed E-state index contributed by atoms with van der Waals surface area (Å²) in [5, 5.41) is 0. The van der Waals surface area contributed by atoms with E-state index in [0.29, 0.717) is 0 Å². The van der Waals surface area contributed by atoms with E-state index in [1.54, 1.807) is 0 Å². The molecule has 3 heteroatoms. The summed E-state index contributed by atoms with van der Waals surface area (Å²) >= 11 is 4.78. The van der Waals surface area contributed by atoms with Crippen LogP contribution in [0.4, 0.5) is 0 Å². The van der Waals surface area contributed by atoms with Gasteiger partial charge >= 0.3 is 7.15 Å². The second-order valence-corrected chi connectivity index (χ2v) is 2.69. The van der Waals surface area contributed by atoms with Gasteiger partial charge in [-0.25, -0.2) is 0 Å². The van der Waals surface area contributed by atoms with E-state index in [-0.39, 0.29) is 0 Å². The van der Waals surface area contributed by atoms with Gasteiger partial charge in [-0.3, -0.25) is 0 Å². The summed E-state index contributed by atoms with van der Waals surface area (Å²) in [6.07, 6.45) is 0. The summed E-state index contributed by atoms with van der Waals surface area (Å²) in [6, 6.07) is 0. The smallest absolute Gasteiger partial charge is 0.0522 e. The third-order valence-electron chi connectivity index (χ3n) is 0. The minimum absolute atomic E-state index is 1.40. The molecule has 0 aliphatic heterocycles. The maximum atomic E-state index is 9.36. The van der Waals surface area contributed by atoms with Crippen molar-refractivity contribution >= 4 is 18.4 Å². The monoisotopic (exact) mass is 97.0 g/mol. The van der Waals surface area contributed by atoms with Crippen LogP contribution in [-0.2, 0) is 4.57 Å². The van der Waals surface area contributed by atoms with Crippen LogP contribution in [-0.4, -0.2) is 6.66 Å². The fraction of sp³-hybridized carbons (Fsp3) is 1.00. The second-order valence-electron chi connectivity index (χ2n) is 0.421. The molecule has 0 aliphatic rings. The van der Waals surface area contributed by atoms with E-state index < -0.39 is 7.15 Å². The molecule has 0 aromatic carbocycles. The predicted molar refractivity (Wildman–Crippen MR) is 19.4 cm³/mol. The Morgan fingerprint density at radius 1 is 2.00 bits per heavy atom. The SMILES string of the molecule is C[P+](=O)Cl. The van der Waals surface area contributed by atoms with Crippen molar-refractivity contribution in [3.8, 4) is 0 Å². The minimum atomic E-state index is -1.40. The first kappa shape index (κ1) is 4.39. The highest BCUT2D eigenvalue weighted by Gasteiger charge is 1.88. The highest BCUT2D eigenvalue weighted by Crippen LogP contribution is 2.17. The topological polar surface area (TPSA) is 17.1 Å². The zero-order valence-electron chi connectivity index (χ0n) is 2.23. The highest BCUT2D eigenvalue weighted by atomic mass is 35.7. The average molecular weight is 97.5 g/mol. The molecule has 4 heavy (non-hydrogen) atoms. The zero-order valence-corrected chi connectivity index (χ0v) is 3.88. The quantitative estimate of drug-likeness (QED) is 0.420. The lowest BCUT2D eigenvalue weighted by molar-refractivity contribution is 0.598. The van der Waals surface area contributed by atoms with Crippen molar-refractivity contribution < 1.29 is 4.57 Å². The third-order valence-corrected chi connectivity index (χ3v) is 0. The molecule has 0 aliphatic carbocycles. The normalized spacial score (nSPS) is 11.0. The predicted octanol–water partition coefficient (Wildman–Crippen LogP) is 1.60. The Balaban J connectivity index is 2.80. The van der Waals surface area contributed by atoms with Crippen LogP contribution in [0.3, 0.4) is 0 Å². The first-order valence-corrected chi connectivity index (χ1v) is 3.41. The fourth-order valence-corrected chi connectivity index (χ4v) is 0. The molecule has 0 bridgehead atoms. The standard InChI is InChI=1S/CH3ClOP/c1-4(2)3/h1H3/q+1. The minimum Gasteiger partial charge on any atom is -0.0522 e. The molecule has 1 unspecified atom stereocenters. The molecular formula is CH3ClOP+. The summed E-state index contributed by atoms with van der Waals surface area (Å²) in [5.41, 5.74) is 0. The lowest BCUT2D eigenvalue weighted by Gasteiger charge is -1.30. The van der Waals surface area contributed by atoms with Crippen LogP contribution in [0, 0.1) is 0 Å². The molecule has 0 amide bonds. The van der Waals surface area contributed by atoms with Gasteiger partial charge in [0, 0.05) is 0 Å². The lowest BCUT2D eigenvalue weighted by atomic mass is 12.0. The van der Waals surface area contributed by atoms with Crippen LogP contribution in [0.5, 0.6) is 0 Å². The van der Waals surface area contributed by atoms with Gasteiger partial charge in [-0.05, 0) is 0 Å². The summed E-state index contributed by atoms with van der Waals surface area (Å²) in [6.45, 7) is 1.44. The Hall–Kier alpha value is 0.390. The van der Waals surface area contributed by atoms with Crippen LogP contribution in [0.25, 0.3) is 0 Å². The van der Waals surface area contributed by atoms with Crippen molar-refractivity contribution in [3.63, 3.8) is 0 Å². The fourth-order valence-electron chi connectivity index (χ4n) is 0. The van der Waals surface area contributed by atoms with Crippen molar-refractivity contribution in [2.45, 2.75) is 0 Å². The van der Waals surface area contributed by atoms with Crippen molar-refractivity contribution in [3.05, 3.63) is 0 Å². The van der Waals surface area contributed by atoms with Crippen LogP contribution in [0.15, 0.2) is 0 Å². The van der Waals surface area contributed by atoms with E-state index in [9.17, 15) is 4.57 Å². The summed E-state index contributed by atoms with van der Waals surface area (Å²) in [4.78, 5) is 0. The van der Waals surface area contributed by atoms with Gasteiger partial charge in [0.1, 0.15) is 0 Å². The summed E-state index contributed by atoms with van der Waals surface area (Å²) in [7, 11) is -1.40. The van der Waals surface area contributed by atoms with Crippen LogP contribution < -0.4 is 0 Å². The first-order chi connectivity index (χ1) is 1.73. The van der Waals surface area contributed by atoms with Crippen LogP contribution in [0.1, 0.15) is 0 Å². The summed E-state index contributed by atoms with van der Waals surface area (Å²) < 4.78 is 9.36. The molecule has 0 saturated carbocycles. The van der Waals surface area contributed by atoms with Crippen molar-refractivity contribution in [2.75, 3.05) is 6.66 Å². The van der Waals surface area contributed by atoms with Gasteiger partial charge in [-0.15, -0.1) is 0 Å². The molecule has 24 valence electrons. The van der Waals surface area contributed by atoms with Crippen molar-refractivity contribution in [1.29, 1.82) is 0 Å². The Morgan fingerprint density at radius 2 is 2.00 bits per heavy atom. The highest BCUT2D eigenvalue weighted by molar-refractivity contribution is 7.73. The molecule has 0 aromatic rings. The van der Waals surface area contributed by atoms with Gasteiger partial charge in [0.05, 0.1) is 0 Å². The van der Waals surface area contributed by atoms with Gasteiger partial charge < -0.3 is 0 Å². The Kier molecular flexibility index (Phi) is 1.85. The first-order valence-electron chi connectivity index (χ1n) is 0.799. The van der Waals surface area contributed by atoms with Gasteiger partial charge in [0.2, 0.25) is 11.2 Å². The number of halogens is 1. The zero-order chi connectivity index (χ0) is 3.58. The molecule has 0 radical (unpaired) electrons. The maximum absolute atomic E-state index is 9.36. The Bertz CT molecular complexity index is 31.0. The molecule has 0 saturated heterocycles. The Morgan fingerprint density at radius 3 is 2.00 bits per heavy atom. The van der Waals surface area contributed by atoms with Gasteiger partial charge in [-0.2, -0.15) is 0 Å². The molecule has 0 heterocycles. The number of hydrogen-bond acceptors (Lipinski definition) is 1. The van der Waals surface area contributed by atoms with E-state index in [1.165, 1.54) is 6.66 Å². The molecule has 1 atom stereocenters. The van der Waals surface area contributed by atoms with E-state index in [2.05, 4.69) is 0 Å². The van der Waals surface area contributed by atoms with Crippen LogP contribution in [0.2, 0.25) is 0 Å².